The van der Waals surface area contributed by atoms with Gasteiger partial charge in [-0.15, -0.1) is 0 Å². The number of rotatable bonds is 4. The van der Waals surface area contributed by atoms with Gasteiger partial charge in [0.2, 0.25) is 0 Å². The summed E-state index contributed by atoms with van der Waals surface area (Å²) in [5.74, 6) is 0.486. The minimum absolute atomic E-state index is 0.0723. The first kappa shape index (κ1) is 17.8. The van der Waals surface area contributed by atoms with Crippen LogP contribution in [0.4, 0.5) is 5.69 Å². The molecule has 3 rings (SSSR count). The fourth-order valence-electron chi connectivity index (χ4n) is 2.22. The molecular formula is C20H12Cl2N2O2. The highest BCUT2D eigenvalue weighted by Gasteiger charge is 2.11. The van der Waals surface area contributed by atoms with Crippen molar-refractivity contribution < 1.29 is 9.21 Å². The summed E-state index contributed by atoms with van der Waals surface area (Å²) in [5, 5.41) is 13.1. The molecule has 1 aromatic heterocycles. The first-order chi connectivity index (χ1) is 12.5. The van der Waals surface area contributed by atoms with Crippen LogP contribution in [0.5, 0.6) is 0 Å². The molecule has 1 N–H and O–H groups in total. The lowest BCUT2D eigenvalue weighted by Crippen LogP contribution is -2.13. The van der Waals surface area contributed by atoms with E-state index in [4.69, 9.17) is 27.6 Å². The summed E-state index contributed by atoms with van der Waals surface area (Å²) in [7, 11) is 0. The van der Waals surface area contributed by atoms with Gasteiger partial charge in [-0.25, -0.2) is 0 Å². The van der Waals surface area contributed by atoms with Crippen LogP contribution in [0.25, 0.3) is 17.4 Å². The second kappa shape index (κ2) is 7.92. The molecule has 0 bridgehead atoms. The van der Waals surface area contributed by atoms with Gasteiger partial charge < -0.3 is 9.73 Å². The van der Waals surface area contributed by atoms with Gasteiger partial charge in [-0.2, -0.15) is 5.26 Å². The summed E-state index contributed by atoms with van der Waals surface area (Å²) in [6.45, 7) is 0. The number of benzene rings is 2. The number of nitrogens with zero attached hydrogens (tertiary/aromatic N) is 1. The van der Waals surface area contributed by atoms with Gasteiger partial charge in [0.1, 0.15) is 23.2 Å². The van der Waals surface area contributed by atoms with E-state index >= 15 is 0 Å². The quantitative estimate of drug-likeness (QED) is 0.457. The summed E-state index contributed by atoms with van der Waals surface area (Å²) in [6, 6.07) is 19.1. The molecule has 2 aromatic carbocycles. The highest BCUT2D eigenvalue weighted by atomic mass is 35.5. The molecule has 128 valence electrons. The van der Waals surface area contributed by atoms with Crippen LogP contribution in [0.3, 0.4) is 0 Å². The molecule has 0 aliphatic carbocycles. The second-order valence-corrected chi connectivity index (χ2v) is 6.21. The third-order valence-corrected chi connectivity index (χ3v) is 4.01. The molecular weight excluding hydrogens is 371 g/mol. The molecule has 1 heterocycles. The van der Waals surface area contributed by atoms with Crippen molar-refractivity contribution in [1.82, 2.24) is 0 Å². The zero-order chi connectivity index (χ0) is 18.5. The Balaban J connectivity index is 1.78. The van der Waals surface area contributed by atoms with Gasteiger partial charge >= 0.3 is 0 Å². The van der Waals surface area contributed by atoms with Crippen molar-refractivity contribution in [3.8, 4) is 17.4 Å². The molecule has 0 aliphatic heterocycles. The van der Waals surface area contributed by atoms with E-state index in [9.17, 15) is 10.1 Å². The largest absolute Gasteiger partial charge is 0.457 e. The Morgan fingerprint density at radius 3 is 2.19 bits per heavy atom. The predicted octanol–water partition coefficient (Wildman–Crippen LogP) is 5.80. The van der Waals surface area contributed by atoms with E-state index < -0.39 is 5.91 Å². The van der Waals surface area contributed by atoms with Gasteiger partial charge in [0.25, 0.3) is 5.91 Å². The van der Waals surface area contributed by atoms with E-state index in [1.807, 2.05) is 18.2 Å². The zero-order valence-electron chi connectivity index (χ0n) is 13.4. The molecule has 0 radical (unpaired) electrons. The molecule has 26 heavy (non-hydrogen) atoms. The first-order valence-electron chi connectivity index (χ1n) is 7.59. The molecule has 0 saturated heterocycles. The predicted molar refractivity (Wildman–Crippen MR) is 103 cm³/mol. The van der Waals surface area contributed by atoms with Crippen LogP contribution in [0.15, 0.2) is 70.7 Å². The first-order valence-corrected chi connectivity index (χ1v) is 8.35. The van der Waals surface area contributed by atoms with Crippen molar-refractivity contribution in [3.63, 3.8) is 0 Å². The highest BCUT2D eigenvalue weighted by Crippen LogP contribution is 2.25. The van der Waals surface area contributed by atoms with Gasteiger partial charge in [-0.3, -0.25) is 4.79 Å². The molecule has 3 aromatic rings. The van der Waals surface area contributed by atoms with Crippen molar-refractivity contribution in [1.29, 1.82) is 5.26 Å². The van der Waals surface area contributed by atoms with E-state index in [1.54, 1.807) is 48.5 Å². The molecule has 0 spiro atoms. The maximum atomic E-state index is 12.3. The molecule has 1 amide bonds. The van der Waals surface area contributed by atoms with E-state index in [0.29, 0.717) is 27.3 Å². The number of anilines is 1. The van der Waals surface area contributed by atoms with Crippen LogP contribution in [0.2, 0.25) is 10.0 Å². The minimum Gasteiger partial charge on any atom is -0.457 e. The lowest BCUT2D eigenvalue weighted by Gasteiger charge is -2.03. The third kappa shape index (κ3) is 4.34. The Morgan fingerprint density at radius 2 is 1.58 bits per heavy atom. The molecule has 4 nitrogen and oxygen atoms in total. The lowest BCUT2D eigenvalue weighted by atomic mass is 10.2. The maximum Gasteiger partial charge on any atom is 0.266 e. The Hall–Kier alpha value is -3.00. The number of nitrogens with one attached hydrogen (secondary N) is 1. The van der Waals surface area contributed by atoms with E-state index in [0.717, 1.165) is 5.56 Å². The van der Waals surface area contributed by atoms with Crippen LogP contribution < -0.4 is 5.32 Å². The van der Waals surface area contributed by atoms with E-state index in [-0.39, 0.29) is 5.57 Å². The molecule has 0 fully saturated rings. The van der Waals surface area contributed by atoms with Gasteiger partial charge in [0.15, 0.2) is 0 Å². The SMILES string of the molecule is N#C/C(=C/c1ccc(-c2ccc(Cl)cc2)o1)C(=O)Nc1ccc(Cl)cc1. The second-order valence-electron chi connectivity index (χ2n) is 5.34. The summed E-state index contributed by atoms with van der Waals surface area (Å²) < 4.78 is 5.69. The summed E-state index contributed by atoms with van der Waals surface area (Å²) in [5.41, 5.74) is 1.32. The standard InChI is InChI=1S/C20H12Cl2N2O2/c21-15-3-1-13(2-4-15)19-10-9-18(26-19)11-14(12-23)20(25)24-17-7-5-16(22)6-8-17/h1-11H,(H,24,25)/b14-11-. The maximum absolute atomic E-state index is 12.3. The number of halogens is 2. The average Bonchev–Trinajstić information content (AvgIpc) is 3.11. The van der Waals surface area contributed by atoms with Crippen LogP contribution in [0, 0.1) is 11.3 Å². The molecule has 0 aliphatic rings. The lowest BCUT2D eigenvalue weighted by molar-refractivity contribution is -0.112. The number of carbonyl (C=O) groups excluding carboxylic acids is 1. The van der Waals surface area contributed by atoms with Crippen molar-refractivity contribution in [2.75, 3.05) is 5.32 Å². The van der Waals surface area contributed by atoms with Crippen LogP contribution in [0.1, 0.15) is 5.76 Å². The van der Waals surface area contributed by atoms with Crippen LogP contribution in [-0.4, -0.2) is 5.91 Å². The fourth-order valence-corrected chi connectivity index (χ4v) is 2.47. The number of hydrogen-bond acceptors (Lipinski definition) is 3. The summed E-state index contributed by atoms with van der Waals surface area (Å²) in [6.07, 6.45) is 1.39. The normalized spacial score (nSPS) is 11.0. The molecule has 0 atom stereocenters. The van der Waals surface area contributed by atoms with Gasteiger partial charge in [0.05, 0.1) is 0 Å². The van der Waals surface area contributed by atoms with Crippen molar-refractivity contribution in [2.45, 2.75) is 0 Å². The molecule has 0 saturated carbocycles. The van der Waals surface area contributed by atoms with Crippen molar-refractivity contribution in [2.24, 2.45) is 0 Å². The zero-order valence-corrected chi connectivity index (χ0v) is 14.9. The van der Waals surface area contributed by atoms with Crippen molar-refractivity contribution >= 4 is 40.9 Å². The number of furan rings is 1. The monoisotopic (exact) mass is 382 g/mol. The smallest absolute Gasteiger partial charge is 0.266 e. The molecule has 0 unspecified atom stereocenters. The number of nitriles is 1. The topological polar surface area (TPSA) is 66.0 Å². The van der Waals surface area contributed by atoms with Gasteiger partial charge in [-0.1, -0.05) is 23.2 Å². The van der Waals surface area contributed by atoms with Crippen molar-refractivity contribution in [3.05, 3.63) is 82.0 Å². The highest BCUT2D eigenvalue weighted by molar-refractivity contribution is 6.31. The fraction of sp³-hybridized carbons (Fsp3) is 0. The van der Waals surface area contributed by atoms with Crippen LogP contribution in [-0.2, 0) is 4.79 Å². The van der Waals surface area contributed by atoms with Gasteiger partial charge in [-0.05, 0) is 60.7 Å². The Kier molecular flexibility index (Phi) is 5.43. The third-order valence-electron chi connectivity index (χ3n) is 3.51. The number of hydrogen-bond donors (Lipinski definition) is 1. The van der Waals surface area contributed by atoms with Crippen LogP contribution >= 0.6 is 23.2 Å². The summed E-state index contributed by atoms with van der Waals surface area (Å²) >= 11 is 11.7. The summed E-state index contributed by atoms with van der Waals surface area (Å²) in [4.78, 5) is 12.3. The van der Waals surface area contributed by atoms with E-state index in [1.165, 1.54) is 6.08 Å². The average molecular weight is 383 g/mol. The van der Waals surface area contributed by atoms with Gasteiger partial charge in [0, 0.05) is 27.4 Å². The Morgan fingerprint density at radius 1 is 0.962 bits per heavy atom. The number of amides is 1. The molecule has 6 heteroatoms. The Labute approximate surface area is 160 Å². The van der Waals surface area contributed by atoms with E-state index in [2.05, 4.69) is 5.32 Å². The Bertz CT molecular complexity index is 998. The number of carbonyl (C=O) groups is 1. The minimum atomic E-state index is -0.528.